The lowest BCUT2D eigenvalue weighted by molar-refractivity contribution is -0.140. The van der Waals surface area contributed by atoms with E-state index in [1.165, 1.54) is 24.1 Å². The third-order valence-electron chi connectivity index (χ3n) is 6.95. The molecule has 3 aromatic carbocycles. The Morgan fingerprint density at radius 3 is 2.35 bits per heavy atom. The molecule has 196 valence electrons. The first-order chi connectivity index (χ1) is 17.7. The Hall–Kier alpha value is -3.30. The number of nitrogens with zero attached hydrogens (tertiary/aromatic N) is 2. The van der Waals surface area contributed by atoms with Crippen molar-refractivity contribution in [1.29, 1.82) is 0 Å². The number of hydrogen-bond acceptors (Lipinski definition) is 4. The molecule has 7 nitrogen and oxygen atoms in total. The number of benzene rings is 3. The maximum Gasteiger partial charge on any atom is 0.243 e. The predicted octanol–water partition coefficient (Wildman–Crippen LogP) is 4.08. The molecular formula is C28H32FN3O4S. The molecule has 9 heteroatoms. The van der Waals surface area contributed by atoms with Crippen LogP contribution in [0.2, 0.25) is 0 Å². The SMILES string of the molecule is CC(C(=O)NC1CCCC1)N(Cc1ccccc1F)C(=O)CN(C)S(=O)(=O)c1ccc2ccccc2c1. The van der Waals surface area contributed by atoms with E-state index in [2.05, 4.69) is 5.32 Å². The Kier molecular flexibility index (Phi) is 8.24. The molecule has 0 heterocycles. The summed E-state index contributed by atoms with van der Waals surface area (Å²) in [6.45, 7) is 0.931. The summed E-state index contributed by atoms with van der Waals surface area (Å²) in [5.74, 6) is -1.43. The van der Waals surface area contributed by atoms with Gasteiger partial charge in [-0.3, -0.25) is 9.59 Å². The quantitative estimate of drug-likeness (QED) is 0.456. The van der Waals surface area contributed by atoms with Crippen LogP contribution in [0.3, 0.4) is 0 Å². The Balaban J connectivity index is 1.55. The van der Waals surface area contributed by atoms with Gasteiger partial charge in [0.2, 0.25) is 21.8 Å². The third-order valence-corrected chi connectivity index (χ3v) is 8.75. The van der Waals surface area contributed by atoms with Gasteiger partial charge >= 0.3 is 0 Å². The summed E-state index contributed by atoms with van der Waals surface area (Å²) >= 11 is 0. The molecule has 0 saturated heterocycles. The van der Waals surface area contributed by atoms with Crippen LogP contribution in [0.25, 0.3) is 10.8 Å². The minimum Gasteiger partial charge on any atom is -0.352 e. The molecule has 1 atom stereocenters. The smallest absolute Gasteiger partial charge is 0.243 e. The lowest BCUT2D eigenvalue weighted by atomic mass is 10.1. The number of hydrogen-bond donors (Lipinski definition) is 1. The molecule has 1 unspecified atom stereocenters. The molecule has 0 bridgehead atoms. The van der Waals surface area contributed by atoms with Gasteiger partial charge in [0, 0.05) is 25.2 Å². The summed E-state index contributed by atoms with van der Waals surface area (Å²) in [7, 11) is -2.67. The monoisotopic (exact) mass is 525 g/mol. The van der Waals surface area contributed by atoms with Crippen LogP contribution in [0.5, 0.6) is 0 Å². The van der Waals surface area contributed by atoms with Crippen molar-refractivity contribution in [3.63, 3.8) is 0 Å². The summed E-state index contributed by atoms with van der Waals surface area (Å²) in [6.07, 6.45) is 3.84. The lowest BCUT2D eigenvalue weighted by Crippen LogP contribution is -2.52. The van der Waals surface area contributed by atoms with Gasteiger partial charge in [0.25, 0.3) is 0 Å². The maximum atomic E-state index is 14.5. The van der Waals surface area contributed by atoms with Gasteiger partial charge in [-0.15, -0.1) is 0 Å². The first-order valence-electron chi connectivity index (χ1n) is 12.4. The zero-order chi connectivity index (χ0) is 26.6. The second-order valence-electron chi connectivity index (χ2n) is 9.55. The Labute approximate surface area is 217 Å². The minimum absolute atomic E-state index is 0.0521. The molecule has 0 radical (unpaired) electrons. The highest BCUT2D eigenvalue weighted by Crippen LogP contribution is 2.22. The summed E-state index contributed by atoms with van der Waals surface area (Å²) < 4.78 is 42.0. The van der Waals surface area contributed by atoms with Crippen LogP contribution in [-0.4, -0.2) is 55.1 Å². The fraction of sp³-hybridized carbons (Fsp3) is 0.357. The molecule has 0 aliphatic heterocycles. The normalized spacial score (nSPS) is 15.1. The zero-order valence-electron chi connectivity index (χ0n) is 21.1. The molecule has 1 fully saturated rings. The van der Waals surface area contributed by atoms with E-state index in [9.17, 15) is 22.4 Å². The molecule has 1 aliphatic rings. The summed E-state index contributed by atoms with van der Waals surface area (Å²) in [5, 5.41) is 4.65. The lowest BCUT2D eigenvalue weighted by Gasteiger charge is -2.31. The number of carbonyl (C=O) groups is 2. The first kappa shape index (κ1) is 26.8. The van der Waals surface area contributed by atoms with Gasteiger partial charge in [-0.25, -0.2) is 12.8 Å². The highest BCUT2D eigenvalue weighted by Gasteiger charge is 2.32. The van der Waals surface area contributed by atoms with Crippen LogP contribution < -0.4 is 5.32 Å². The molecule has 2 amide bonds. The van der Waals surface area contributed by atoms with Gasteiger partial charge in [-0.1, -0.05) is 61.4 Å². The van der Waals surface area contributed by atoms with E-state index in [4.69, 9.17) is 0 Å². The predicted molar refractivity (Wildman–Crippen MR) is 141 cm³/mol. The standard InChI is InChI=1S/C28H32FN3O4S/c1-20(28(34)30-24-12-6-7-13-24)32(18-23-11-5-8-14-26(23)29)27(33)19-31(2)37(35,36)25-16-15-21-9-3-4-10-22(21)17-25/h3-5,8-11,14-17,20,24H,6-7,12-13,18-19H2,1-2H3,(H,30,34). The highest BCUT2D eigenvalue weighted by molar-refractivity contribution is 7.89. The van der Waals surface area contributed by atoms with Crippen molar-refractivity contribution in [2.45, 2.75) is 56.1 Å². The molecular weight excluding hydrogens is 493 g/mol. The van der Waals surface area contributed by atoms with E-state index in [0.29, 0.717) is 0 Å². The number of fused-ring (bicyclic) bond motifs is 1. The largest absolute Gasteiger partial charge is 0.352 e. The highest BCUT2D eigenvalue weighted by atomic mass is 32.2. The van der Waals surface area contributed by atoms with Crippen molar-refractivity contribution in [3.8, 4) is 0 Å². The number of carbonyl (C=O) groups excluding carboxylic acids is 2. The number of amides is 2. The van der Waals surface area contributed by atoms with Crippen LogP contribution in [0, 0.1) is 5.82 Å². The van der Waals surface area contributed by atoms with Crippen molar-refractivity contribution in [2.24, 2.45) is 0 Å². The topological polar surface area (TPSA) is 86.8 Å². The van der Waals surface area contributed by atoms with Crippen LogP contribution in [0.15, 0.2) is 71.6 Å². The molecule has 37 heavy (non-hydrogen) atoms. The third kappa shape index (κ3) is 6.17. The van der Waals surface area contributed by atoms with Gasteiger partial charge in [0.15, 0.2) is 0 Å². The van der Waals surface area contributed by atoms with Crippen LogP contribution in [-0.2, 0) is 26.2 Å². The molecule has 1 aliphatic carbocycles. The van der Waals surface area contributed by atoms with Gasteiger partial charge in [-0.05, 0) is 48.7 Å². The van der Waals surface area contributed by atoms with Gasteiger partial charge in [-0.2, -0.15) is 4.31 Å². The molecule has 4 rings (SSSR count). The fourth-order valence-corrected chi connectivity index (χ4v) is 5.81. The second-order valence-corrected chi connectivity index (χ2v) is 11.6. The average Bonchev–Trinajstić information content (AvgIpc) is 3.40. The molecule has 1 N–H and O–H groups in total. The van der Waals surface area contributed by atoms with E-state index >= 15 is 0 Å². The fourth-order valence-electron chi connectivity index (χ4n) is 4.66. The Morgan fingerprint density at radius 2 is 1.65 bits per heavy atom. The van der Waals surface area contributed by atoms with Crippen molar-refractivity contribution >= 4 is 32.6 Å². The van der Waals surface area contributed by atoms with Gasteiger partial charge < -0.3 is 10.2 Å². The van der Waals surface area contributed by atoms with Crippen LogP contribution in [0.1, 0.15) is 38.2 Å². The Bertz CT molecular complexity index is 1390. The molecule has 1 saturated carbocycles. The van der Waals surface area contributed by atoms with E-state index in [0.717, 1.165) is 40.8 Å². The summed E-state index contributed by atoms with van der Waals surface area (Å²) in [4.78, 5) is 27.8. The number of nitrogens with one attached hydrogen (secondary N) is 1. The Morgan fingerprint density at radius 1 is 1.00 bits per heavy atom. The van der Waals surface area contributed by atoms with Gasteiger partial charge in [0.1, 0.15) is 11.9 Å². The number of halogens is 1. The van der Waals surface area contributed by atoms with E-state index in [1.807, 2.05) is 24.3 Å². The minimum atomic E-state index is -3.99. The number of sulfonamides is 1. The molecule has 0 spiro atoms. The van der Waals surface area contributed by atoms with Crippen LogP contribution in [0.4, 0.5) is 4.39 Å². The van der Waals surface area contributed by atoms with Crippen molar-refractivity contribution in [2.75, 3.05) is 13.6 Å². The van der Waals surface area contributed by atoms with E-state index in [-0.39, 0.29) is 29.0 Å². The molecule has 0 aromatic heterocycles. The maximum absolute atomic E-state index is 14.5. The van der Waals surface area contributed by atoms with E-state index in [1.54, 1.807) is 37.3 Å². The second kappa shape index (κ2) is 11.4. The molecule has 3 aromatic rings. The van der Waals surface area contributed by atoms with Crippen molar-refractivity contribution in [1.82, 2.24) is 14.5 Å². The van der Waals surface area contributed by atoms with Crippen molar-refractivity contribution < 1.29 is 22.4 Å². The van der Waals surface area contributed by atoms with E-state index < -0.39 is 34.3 Å². The summed E-state index contributed by atoms with van der Waals surface area (Å²) in [6, 6.07) is 17.4. The van der Waals surface area contributed by atoms with Crippen molar-refractivity contribution in [3.05, 3.63) is 78.1 Å². The van der Waals surface area contributed by atoms with Crippen LogP contribution >= 0.6 is 0 Å². The first-order valence-corrected chi connectivity index (χ1v) is 13.9. The summed E-state index contributed by atoms with van der Waals surface area (Å²) in [5.41, 5.74) is 0.247. The zero-order valence-corrected chi connectivity index (χ0v) is 21.9. The van der Waals surface area contributed by atoms with Gasteiger partial charge in [0.05, 0.1) is 11.4 Å². The number of likely N-dealkylation sites (N-methyl/N-ethyl adjacent to an activating group) is 1. The number of rotatable bonds is 9. The average molecular weight is 526 g/mol.